The van der Waals surface area contributed by atoms with Crippen LogP contribution in [0.3, 0.4) is 0 Å². The van der Waals surface area contributed by atoms with E-state index in [4.69, 9.17) is 4.74 Å². The molecule has 0 aromatic heterocycles. The molecule has 0 aromatic carbocycles. The Morgan fingerprint density at radius 1 is 1.38 bits per heavy atom. The summed E-state index contributed by atoms with van der Waals surface area (Å²) in [5.74, 6) is 0.0192. The lowest BCUT2D eigenvalue weighted by atomic mass is 10.2. The van der Waals surface area contributed by atoms with E-state index in [1.165, 1.54) is 0 Å². The summed E-state index contributed by atoms with van der Waals surface area (Å²) in [6.07, 6.45) is 0. The zero-order chi connectivity index (χ0) is 10.3. The second kappa shape index (κ2) is 6.86. The van der Waals surface area contributed by atoms with Gasteiger partial charge in [0.25, 0.3) is 0 Å². The van der Waals surface area contributed by atoms with Gasteiger partial charge in [-0.15, -0.1) is 0 Å². The third-order valence-corrected chi connectivity index (χ3v) is 1.58. The minimum absolute atomic E-state index is 0.0192. The van der Waals surface area contributed by atoms with Crippen molar-refractivity contribution in [2.45, 2.75) is 32.9 Å². The number of hydrogen-bond acceptors (Lipinski definition) is 3. The molecule has 0 aliphatic carbocycles. The van der Waals surface area contributed by atoms with Gasteiger partial charge in [0.2, 0.25) is 5.91 Å². The van der Waals surface area contributed by atoms with E-state index in [1.54, 1.807) is 7.11 Å². The molecule has 1 unspecified atom stereocenters. The molecule has 4 heteroatoms. The first-order valence-corrected chi connectivity index (χ1v) is 4.60. The van der Waals surface area contributed by atoms with Crippen LogP contribution in [0.4, 0.5) is 0 Å². The van der Waals surface area contributed by atoms with Gasteiger partial charge in [-0.3, -0.25) is 4.79 Å². The molecule has 4 nitrogen and oxygen atoms in total. The standard InChI is InChI=1S/C9H20N2O2/c1-7(2)11-8(3)9(12)10-5-6-13-4/h7-8,11H,5-6H2,1-4H3,(H,10,12). The largest absolute Gasteiger partial charge is 0.383 e. The van der Waals surface area contributed by atoms with Crippen LogP contribution in [0.15, 0.2) is 0 Å². The zero-order valence-electron chi connectivity index (χ0n) is 8.89. The van der Waals surface area contributed by atoms with Gasteiger partial charge in [0.1, 0.15) is 0 Å². The quantitative estimate of drug-likeness (QED) is 0.583. The molecule has 0 fully saturated rings. The van der Waals surface area contributed by atoms with Crippen LogP contribution in [0.1, 0.15) is 20.8 Å². The van der Waals surface area contributed by atoms with Gasteiger partial charge in [-0.25, -0.2) is 0 Å². The van der Waals surface area contributed by atoms with Gasteiger partial charge in [0.15, 0.2) is 0 Å². The minimum atomic E-state index is -0.142. The maximum absolute atomic E-state index is 11.3. The highest BCUT2D eigenvalue weighted by Crippen LogP contribution is 1.85. The van der Waals surface area contributed by atoms with Crippen molar-refractivity contribution >= 4 is 5.91 Å². The Morgan fingerprint density at radius 3 is 2.46 bits per heavy atom. The molecule has 0 radical (unpaired) electrons. The van der Waals surface area contributed by atoms with E-state index in [0.29, 0.717) is 19.2 Å². The molecule has 0 saturated heterocycles. The van der Waals surface area contributed by atoms with Gasteiger partial charge in [0, 0.05) is 19.7 Å². The van der Waals surface area contributed by atoms with Crippen LogP contribution >= 0.6 is 0 Å². The van der Waals surface area contributed by atoms with Gasteiger partial charge in [-0.1, -0.05) is 13.8 Å². The first kappa shape index (κ1) is 12.4. The topological polar surface area (TPSA) is 50.4 Å². The number of rotatable bonds is 6. The van der Waals surface area contributed by atoms with E-state index in [-0.39, 0.29) is 11.9 Å². The second-order valence-corrected chi connectivity index (χ2v) is 3.33. The predicted octanol–water partition coefficient (Wildman–Crippen LogP) is 0.135. The van der Waals surface area contributed by atoms with Gasteiger partial charge in [-0.05, 0) is 6.92 Å². The molecule has 0 bridgehead atoms. The van der Waals surface area contributed by atoms with Crippen molar-refractivity contribution in [3.05, 3.63) is 0 Å². The molecule has 1 atom stereocenters. The van der Waals surface area contributed by atoms with E-state index in [2.05, 4.69) is 10.6 Å². The van der Waals surface area contributed by atoms with Gasteiger partial charge >= 0.3 is 0 Å². The number of ether oxygens (including phenoxy) is 1. The number of nitrogens with one attached hydrogen (secondary N) is 2. The van der Waals surface area contributed by atoms with E-state index in [0.717, 1.165) is 0 Å². The van der Waals surface area contributed by atoms with Crippen molar-refractivity contribution in [3.8, 4) is 0 Å². The van der Waals surface area contributed by atoms with Crippen LogP contribution in [0, 0.1) is 0 Å². The fourth-order valence-corrected chi connectivity index (χ4v) is 1.01. The fraction of sp³-hybridized carbons (Fsp3) is 0.889. The highest BCUT2D eigenvalue weighted by molar-refractivity contribution is 5.81. The lowest BCUT2D eigenvalue weighted by Crippen LogP contribution is -2.45. The van der Waals surface area contributed by atoms with Gasteiger partial charge in [0.05, 0.1) is 12.6 Å². The molecule has 0 saturated carbocycles. The minimum Gasteiger partial charge on any atom is -0.383 e. The monoisotopic (exact) mass is 188 g/mol. The molecule has 0 aliphatic heterocycles. The Labute approximate surface area is 80.0 Å². The third-order valence-electron chi connectivity index (χ3n) is 1.58. The van der Waals surface area contributed by atoms with E-state index < -0.39 is 0 Å². The molecule has 2 N–H and O–H groups in total. The van der Waals surface area contributed by atoms with E-state index in [9.17, 15) is 4.79 Å². The summed E-state index contributed by atoms with van der Waals surface area (Å²) in [5, 5.41) is 5.88. The maximum Gasteiger partial charge on any atom is 0.236 e. The van der Waals surface area contributed by atoms with Crippen LogP contribution in [0.25, 0.3) is 0 Å². The molecule has 0 heterocycles. The first-order chi connectivity index (χ1) is 6.07. The molecule has 0 aliphatic rings. The summed E-state index contributed by atoms with van der Waals surface area (Å²) < 4.78 is 4.82. The molecular formula is C9H20N2O2. The van der Waals surface area contributed by atoms with E-state index >= 15 is 0 Å². The average molecular weight is 188 g/mol. The smallest absolute Gasteiger partial charge is 0.236 e. The lowest BCUT2D eigenvalue weighted by molar-refractivity contribution is -0.123. The van der Waals surface area contributed by atoms with Crippen molar-refractivity contribution in [2.75, 3.05) is 20.3 Å². The Bertz CT molecular complexity index is 149. The second-order valence-electron chi connectivity index (χ2n) is 3.33. The number of carbonyl (C=O) groups excluding carboxylic acids is 1. The summed E-state index contributed by atoms with van der Waals surface area (Å²) in [7, 11) is 1.61. The zero-order valence-corrected chi connectivity index (χ0v) is 8.89. The predicted molar refractivity (Wildman–Crippen MR) is 52.6 cm³/mol. The number of methoxy groups -OCH3 is 1. The van der Waals surface area contributed by atoms with Gasteiger partial charge in [-0.2, -0.15) is 0 Å². The Balaban J connectivity index is 3.57. The number of carbonyl (C=O) groups is 1. The van der Waals surface area contributed by atoms with Crippen LogP contribution < -0.4 is 10.6 Å². The van der Waals surface area contributed by atoms with Gasteiger partial charge < -0.3 is 15.4 Å². The summed E-state index contributed by atoms with van der Waals surface area (Å²) in [4.78, 5) is 11.3. The van der Waals surface area contributed by atoms with Crippen LogP contribution in [-0.2, 0) is 9.53 Å². The highest BCUT2D eigenvalue weighted by Gasteiger charge is 2.11. The SMILES string of the molecule is COCCNC(=O)C(C)NC(C)C. The Morgan fingerprint density at radius 2 is 2.00 bits per heavy atom. The summed E-state index contributed by atoms with van der Waals surface area (Å²) in [6, 6.07) is 0.181. The summed E-state index contributed by atoms with van der Waals surface area (Å²) in [6.45, 7) is 7.00. The molecule has 13 heavy (non-hydrogen) atoms. The van der Waals surface area contributed by atoms with Crippen molar-refractivity contribution in [1.82, 2.24) is 10.6 Å². The number of hydrogen-bond donors (Lipinski definition) is 2. The Hall–Kier alpha value is -0.610. The molecule has 78 valence electrons. The van der Waals surface area contributed by atoms with Crippen molar-refractivity contribution in [3.63, 3.8) is 0 Å². The number of amides is 1. The van der Waals surface area contributed by atoms with Crippen LogP contribution in [0.2, 0.25) is 0 Å². The molecule has 0 spiro atoms. The normalized spacial score (nSPS) is 13.0. The third kappa shape index (κ3) is 6.54. The molecule has 0 rings (SSSR count). The summed E-state index contributed by atoms with van der Waals surface area (Å²) >= 11 is 0. The first-order valence-electron chi connectivity index (χ1n) is 4.60. The molecular weight excluding hydrogens is 168 g/mol. The average Bonchev–Trinajstić information content (AvgIpc) is 2.03. The lowest BCUT2D eigenvalue weighted by Gasteiger charge is -2.16. The van der Waals surface area contributed by atoms with Crippen molar-refractivity contribution in [2.24, 2.45) is 0 Å². The van der Waals surface area contributed by atoms with Crippen LogP contribution in [0.5, 0.6) is 0 Å². The molecule has 0 aromatic rings. The van der Waals surface area contributed by atoms with E-state index in [1.807, 2.05) is 20.8 Å². The van der Waals surface area contributed by atoms with Crippen LogP contribution in [-0.4, -0.2) is 38.3 Å². The maximum atomic E-state index is 11.3. The highest BCUT2D eigenvalue weighted by atomic mass is 16.5. The van der Waals surface area contributed by atoms with Crippen molar-refractivity contribution < 1.29 is 9.53 Å². The molecule has 1 amide bonds. The Kier molecular flexibility index (Phi) is 6.54. The summed E-state index contributed by atoms with van der Waals surface area (Å²) in [5.41, 5.74) is 0. The fourth-order valence-electron chi connectivity index (χ4n) is 1.01. The van der Waals surface area contributed by atoms with Crippen molar-refractivity contribution in [1.29, 1.82) is 0 Å².